The van der Waals surface area contributed by atoms with Crippen molar-refractivity contribution in [2.75, 3.05) is 7.11 Å². The molecule has 0 fully saturated rings. The molecule has 0 saturated heterocycles. The van der Waals surface area contributed by atoms with Gasteiger partial charge in [-0.15, -0.1) is 0 Å². The molecule has 0 spiro atoms. The summed E-state index contributed by atoms with van der Waals surface area (Å²) in [6.07, 6.45) is 1.40. The van der Waals surface area contributed by atoms with Gasteiger partial charge < -0.3 is 4.74 Å². The van der Waals surface area contributed by atoms with E-state index in [2.05, 4.69) is 4.40 Å². The lowest BCUT2D eigenvalue weighted by Crippen LogP contribution is -2.19. The number of methoxy groups -OCH3 is 1. The third-order valence-corrected chi connectivity index (χ3v) is 3.30. The second-order valence-electron chi connectivity index (χ2n) is 4.52. The monoisotopic (exact) mass is 257 g/mol. The van der Waals surface area contributed by atoms with Crippen LogP contribution in [0.3, 0.4) is 0 Å². The quantitative estimate of drug-likeness (QED) is 0.781. The molecule has 1 unspecified atom stereocenters. The summed E-state index contributed by atoms with van der Waals surface area (Å²) in [5.41, 5.74) is 0.527. The fourth-order valence-electron chi connectivity index (χ4n) is 1.04. The van der Waals surface area contributed by atoms with Crippen molar-refractivity contribution in [3.63, 3.8) is 0 Å². The number of halogens is 1. The molecule has 0 amide bonds. The molecule has 0 aliphatic rings. The standard InChI is InChI=1S/C12H16FNO2S/c1-12(2,3)17(15)14-8-9-5-10(13)7-11(6-9)16-4/h5-8H,1-4H3/b14-8+. The molecular weight excluding hydrogens is 241 g/mol. The average molecular weight is 257 g/mol. The summed E-state index contributed by atoms with van der Waals surface area (Å²) in [4.78, 5) is 0. The van der Waals surface area contributed by atoms with Crippen molar-refractivity contribution in [3.05, 3.63) is 29.6 Å². The van der Waals surface area contributed by atoms with Gasteiger partial charge >= 0.3 is 0 Å². The lowest BCUT2D eigenvalue weighted by molar-refractivity contribution is 0.411. The smallest absolute Gasteiger partial charge is 0.144 e. The third-order valence-electron chi connectivity index (χ3n) is 1.95. The number of rotatable bonds is 3. The van der Waals surface area contributed by atoms with Gasteiger partial charge in [-0.3, -0.25) is 0 Å². The zero-order valence-electron chi connectivity index (χ0n) is 10.4. The van der Waals surface area contributed by atoms with Crippen molar-refractivity contribution in [3.8, 4) is 5.75 Å². The zero-order valence-corrected chi connectivity index (χ0v) is 11.2. The van der Waals surface area contributed by atoms with E-state index in [1.54, 1.807) is 6.07 Å². The molecule has 0 N–H and O–H groups in total. The van der Waals surface area contributed by atoms with Gasteiger partial charge in [0, 0.05) is 17.8 Å². The Morgan fingerprint density at radius 1 is 1.35 bits per heavy atom. The second-order valence-corrected chi connectivity index (χ2v) is 6.45. The van der Waals surface area contributed by atoms with E-state index in [0.717, 1.165) is 0 Å². The topological polar surface area (TPSA) is 38.7 Å². The summed E-state index contributed by atoms with van der Waals surface area (Å²) < 4.78 is 33.2. The Balaban J connectivity index is 2.92. The van der Waals surface area contributed by atoms with Crippen molar-refractivity contribution in [1.82, 2.24) is 0 Å². The fraction of sp³-hybridized carbons (Fsp3) is 0.417. The minimum Gasteiger partial charge on any atom is -0.497 e. The van der Waals surface area contributed by atoms with E-state index in [9.17, 15) is 8.60 Å². The molecule has 3 nitrogen and oxygen atoms in total. The van der Waals surface area contributed by atoms with Crippen molar-refractivity contribution < 1.29 is 13.3 Å². The van der Waals surface area contributed by atoms with Crippen LogP contribution in [-0.4, -0.2) is 22.3 Å². The number of benzene rings is 1. The van der Waals surface area contributed by atoms with Crippen LogP contribution < -0.4 is 4.74 Å². The van der Waals surface area contributed by atoms with Gasteiger partial charge in [0.1, 0.15) is 22.6 Å². The molecule has 5 heteroatoms. The van der Waals surface area contributed by atoms with E-state index in [1.165, 1.54) is 25.5 Å². The number of hydrogen-bond acceptors (Lipinski definition) is 2. The molecule has 94 valence electrons. The molecule has 0 bridgehead atoms. The Bertz CT molecular complexity index is 452. The average Bonchev–Trinajstić information content (AvgIpc) is 2.23. The van der Waals surface area contributed by atoms with Gasteiger partial charge in [-0.05, 0) is 32.9 Å². The van der Waals surface area contributed by atoms with Crippen LogP contribution in [0.25, 0.3) is 0 Å². The summed E-state index contributed by atoms with van der Waals surface area (Å²) in [5, 5.41) is 0. The third kappa shape index (κ3) is 4.26. The fourth-order valence-corrected chi connectivity index (χ4v) is 1.58. The Kier molecular flexibility index (Phi) is 4.40. The highest BCUT2D eigenvalue weighted by molar-refractivity contribution is 7.85. The largest absolute Gasteiger partial charge is 0.497 e. The molecule has 1 aromatic rings. The highest BCUT2D eigenvalue weighted by Crippen LogP contribution is 2.16. The molecule has 0 aromatic heterocycles. The van der Waals surface area contributed by atoms with Crippen LogP contribution in [-0.2, 0) is 11.0 Å². The van der Waals surface area contributed by atoms with Gasteiger partial charge in [-0.2, -0.15) is 4.40 Å². The SMILES string of the molecule is COc1cc(F)cc(/C=N/S(=O)C(C)(C)C)c1. The van der Waals surface area contributed by atoms with Crippen LogP contribution in [0, 0.1) is 5.82 Å². The van der Waals surface area contributed by atoms with Gasteiger partial charge in [0.25, 0.3) is 0 Å². The first-order valence-electron chi connectivity index (χ1n) is 5.13. The van der Waals surface area contributed by atoms with E-state index >= 15 is 0 Å². The van der Waals surface area contributed by atoms with Crippen LogP contribution in [0.1, 0.15) is 26.3 Å². The number of hydrogen-bond donors (Lipinski definition) is 0. The normalized spacial score (nSPS) is 13.9. The molecule has 0 saturated carbocycles. The summed E-state index contributed by atoms with van der Waals surface area (Å²) in [6.45, 7) is 5.48. The molecule has 17 heavy (non-hydrogen) atoms. The van der Waals surface area contributed by atoms with Crippen LogP contribution >= 0.6 is 0 Å². The maximum atomic E-state index is 13.2. The van der Waals surface area contributed by atoms with E-state index in [-0.39, 0.29) is 0 Å². The van der Waals surface area contributed by atoms with E-state index < -0.39 is 21.5 Å². The molecule has 0 aliphatic heterocycles. The van der Waals surface area contributed by atoms with Crippen LogP contribution in [0.5, 0.6) is 5.75 Å². The second kappa shape index (κ2) is 5.40. The van der Waals surface area contributed by atoms with E-state index in [0.29, 0.717) is 11.3 Å². The first-order valence-corrected chi connectivity index (χ1v) is 6.24. The Morgan fingerprint density at radius 2 is 2.00 bits per heavy atom. The summed E-state index contributed by atoms with van der Waals surface area (Å²) in [7, 11) is 0.114. The first-order chi connectivity index (χ1) is 7.82. The van der Waals surface area contributed by atoms with E-state index in [1.807, 2.05) is 20.8 Å². The maximum absolute atomic E-state index is 13.2. The van der Waals surface area contributed by atoms with Gasteiger partial charge in [0.05, 0.1) is 11.9 Å². The Hall–Kier alpha value is -1.23. The summed E-state index contributed by atoms with van der Waals surface area (Å²) in [5.74, 6) is 0.000307. The lowest BCUT2D eigenvalue weighted by Gasteiger charge is -2.12. The molecular formula is C12H16FNO2S. The van der Waals surface area contributed by atoms with Crippen molar-refractivity contribution in [2.24, 2.45) is 4.40 Å². The van der Waals surface area contributed by atoms with E-state index in [4.69, 9.17) is 4.74 Å². The zero-order chi connectivity index (χ0) is 13.1. The Labute approximate surface area is 103 Å². The predicted molar refractivity (Wildman–Crippen MR) is 68.4 cm³/mol. The first kappa shape index (κ1) is 13.8. The van der Waals surface area contributed by atoms with Crippen LogP contribution in [0.2, 0.25) is 0 Å². The summed E-state index contributed by atoms with van der Waals surface area (Å²) in [6, 6.07) is 4.22. The molecule has 1 atom stereocenters. The minimum atomic E-state index is -1.35. The van der Waals surface area contributed by atoms with Gasteiger partial charge in [0.15, 0.2) is 0 Å². The molecule has 1 rings (SSSR count). The number of ether oxygens (including phenoxy) is 1. The minimum absolute atomic E-state index is 0.410. The van der Waals surface area contributed by atoms with Gasteiger partial charge in [0.2, 0.25) is 0 Å². The lowest BCUT2D eigenvalue weighted by atomic mass is 10.2. The highest BCUT2D eigenvalue weighted by Gasteiger charge is 2.18. The molecule has 1 aromatic carbocycles. The predicted octanol–water partition coefficient (Wildman–Crippen LogP) is 2.72. The highest BCUT2D eigenvalue weighted by atomic mass is 32.2. The molecule has 0 radical (unpaired) electrons. The van der Waals surface area contributed by atoms with Crippen molar-refractivity contribution in [2.45, 2.75) is 25.5 Å². The van der Waals surface area contributed by atoms with Gasteiger partial charge in [-0.25, -0.2) is 8.60 Å². The van der Waals surface area contributed by atoms with Crippen LogP contribution in [0.15, 0.2) is 22.6 Å². The van der Waals surface area contributed by atoms with Crippen LogP contribution in [0.4, 0.5) is 4.39 Å². The van der Waals surface area contributed by atoms with Crippen molar-refractivity contribution in [1.29, 1.82) is 0 Å². The van der Waals surface area contributed by atoms with Crippen molar-refractivity contribution >= 4 is 17.2 Å². The molecule has 0 aliphatic carbocycles. The Morgan fingerprint density at radius 3 is 2.53 bits per heavy atom. The number of nitrogens with zero attached hydrogens (tertiary/aromatic N) is 1. The van der Waals surface area contributed by atoms with Gasteiger partial charge in [-0.1, -0.05) is 0 Å². The molecule has 0 heterocycles. The summed E-state index contributed by atoms with van der Waals surface area (Å²) >= 11 is 0. The maximum Gasteiger partial charge on any atom is 0.144 e.